The van der Waals surface area contributed by atoms with E-state index in [-0.39, 0.29) is 33.3 Å². The van der Waals surface area contributed by atoms with Crippen molar-refractivity contribution < 1.29 is 28.7 Å². The summed E-state index contributed by atoms with van der Waals surface area (Å²) in [5, 5.41) is 0. The van der Waals surface area contributed by atoms with Crippen molar-refractivity contribution in [2.24, 2.45) is 23.7 Å². The highest BCUT2D eigenvalue weighted by Crippen LogP contribution is 2.60. The van der Waals surface area contributed by atoms with Crippen LogP contribution >= 0.6 is 47.8 Å². The van der Waals surface area contributed by atoms with E-state index in [1.54, 1.807) is 24.3 Å². The van der Waals surface area contributed by atoms with E-state index in [1.165, 1.54) is 0 Å². The number of benzene rings is 1. The van der Waals surface area contributed by atoms with E-state index in [9.17, 15) is 24.0 Å². The average molecular weight is 636 g/mol. The molecule has 3 fully saturated rings. The van der Waals surface area contributed by atoms with E-state index in [0.29, 0.717) is 5.56 Å². The topological polar surface area (TPSA) is 122 Å². The Bertz CT molecular complexity index is 955. The van der Waals surface area contributed by atoms with Crippen LogP contribution in [0.15, 0.2) is 28.7 Å². The lowest BCUT2D eigenvalue weighted by molar-refractivity contribution is -0.155. The van der Waals surface area contributed by atoms with Crippen molar-refractivity contribution in [3.63, 3.8) is 0 Å². The third-order valence-electron chi connectivity index (χ3n) is 6.15. The van der Waals surface area contributed by atoms with Crippen LogP contribution in [0.3, 0.4) is 0 Å². The Morgan fingerprint density at radius 1 is 0.969 bits per heavy atom. The number of rotatable bonds is 5. The Hall–Kier alpha value is -1.79. The number of hydrazine groups is 1. The summed E-state index contributed by atoms with van der Waals surface area (Å²) in [4.78, 5) is 62.7. The highest BCUT2D eigenvalue weighted by Gasteiger charge is 2.66. The number of hydrogen-bond donors (Lipinski definition) is 2. The van der Waals surface area contributed by atoms with E-state index < -0.39 is 42.8 Å². The number of ether oxygens (including phenoxy) is 1. The number of amides is 4. The maximum atomic E-state index is 12.8. The third kappa shape index (κ3) is 4.24. The minimum Gasteiger partial charge on any atom is -0.454 e. The van der Waals surface area contributed by atoms with E-state index in [4.69, 9.17) is 4.74 Å². The largest absolute Gasteiger partial charge is 0.454 e. The van der Waals surface area contributed by atoms with E-state index in [2.05, 4.69) is 58.6 Å². The lowest BCUT2D eigenvalue weighted by Gasteiger charge is -2.28. The second-order valence-corrected chi connectivity index (χ2v) is 11.0. The molecule has 1 aromatic rings. The molecular weight excluding hydrogens is 618 g/mol. The Kier molecular flexibility index (Phi) is 6.73. The number of hydrogen-bond acceptors (Lipinski definition) is 6. The molecule has 4 rings (SSSR count). The Morgan fingerprint density at radius 2 is 1.53 bits per heavy atom. The summed E-state index contributed by atoms with van der Waals surface area (Å²) in [6, 6.07) is 6.48. The monoisotopic (exact) mass is 633 g/mol. The fraction of sp³-hybridized carbons (Fsp3) is 0.450. The number of carbonyl (C=O) groups is 5. The summed E-state index contributed by atoms with van der Waals surface area (Å²) in [6.07, 6.45) is 0.795. The minimum atomic E-state index is -0.876. The lowest BCUT2D eigenvalue weighted by atomic mass is 9.81. The number of esters is 1. The summed E-state index contributed by atoms with van der Waals surface area (Å²) >= 11 is 10.5. The van der Waals surface area contributed by atoms with Gasteiger partial charge in [0.05, 0.1) is 11.8 Å². The van der Waals surface area contributed by atoms with Crippen LogP contribution < -0.4 is 10.9 Å². The molecule has 0 unspecified atom stereocenters. The van der Waals surface area contributed by atoms with Crippen molar-refractivity contribution in [2.45, 2.75) is 16.1 Å². The molecule has 170 valence electrons. The third-order valence-corrected chi connectivity index (χ3v) is 9.89. The van der Waals surface area contributed by atoms with Crippen LogP contribution in [0, 0.1) is 23.7 Å². The van der Waals surface area contributed by atoms with Crippen LogP contribution in [-0.4, -0.2) is 57.3 Å². The first kappa shape index (κ1) is 23.4. The van der Waals surface area contributed by atoms with Crippen LogP contribution in [0.2, 0.25) is 0 Å². The summed E-state index contributed by atoms with van der Waals surface area (Å²) in [5.74, 6) is -3.65. The second-order valence-electron chi connectivity index (χ2n) is 7.94. The maximum Gasteiger partial charge on any atom is 0.326 e. The first-order valence-electron chi connectivity index (χ1n) is 9.82. The normalized spacial score (nSPS) is 30.3. The molecule has 1 saturated heterocycles. The summed E-state index contributed by atoms with van der Waals surface area (Å²) in [7, 11) is 0. The molecule has 9 nitrogen and oxygen atoms in total. The molecule has 0 aromatic heterocycles. The Balaban J connectivity index is 1.24. The van der Waals surface area contributed by atoms with Crippen LogP contribution in [0.25, 0.3) is 0 Å². The van der Waals surface area contributed by atoms with Gasteiger partial charge in [0, 0.05) is 19.7 Å². The first-order chi connectivity index (χ1) is 15.2. The number of carbonyl (C=O) groups excluding carboxylic acids is 5. The molecule has 2 aliphatic carbocycles. The molecule has 1 aliphatic heterocycles. The second kappa shape index (κ2) is 9.22. The number of halogens is 3. The van der Waals surface area contributed by atoms with Crippen LogP contribution in [0.4, 0.5) is 0 Å². The summed E-state index contributed by atoms with van der Waals surface area (Å²) in [5.41, 5.74) is 4.67. The van der Waals surface area contributed by atoms with E-state index in [1.807, 2.05) is 0 Å². The van der Waals surface area contributed by atoms with Crippen molar-refractivity contribution in [3.05, 3.63) is 34.3 Å². The number of imide groups is 1. The SMILES string of the molecule is O=C(COC(=O)CN1C(=O)[C@@H]2[C@H]3C[C@@H]([C@H](Br)[C@H]3Br)[C@@H]2C1=O)NNC(=O)c1ccc(Br)cc1. The lowest BCUT2D eigenvalue weighted by Crippen LogP contribution is -2.44. The molecule has 0 spiro atoms. The zero-order valence-electron chi connectivity index (χ0n) is 16.4. The van der Waals surface area contributed by atoms with Gasteiger partial charge in [-0.05, 0) is 42.5 Å². The highest BCUT2D eigenvalue weighted by molar-refractivity contribution is 9.12. The summed E-state index contributed by atoms with van der Waals surface area (Å²) < 4.78 is 5.68. The van der Waals surface area contributed by atoms with Gasteiger partial charge in [0.15, 0.2) is 6.61 Å². The van der Waals surface area contributed by atoms with Gasteiger partial charge in [-0.15, -0.1) is 0 Å². The number of fused-ring (bicyclic) bond motifs is 5. The van der Waals surface area contributed by atoms with Gasteiger partial charge in [-0.25, -0.2) is 0 Å². The fourth-order valence-electron chi connectivity index (χ4n) is 4.72. The van der Waals surface area contributed by atoms with Crippen molar-refractivity contribution in [1.29, 1.82) is 0 Å². The molecule has 2 bridgehead atoms. The molecule has 6 atom stereocenters. The van der Waals surface area contributed by atoms with Crippen LogP contribution in [0.1, 0.15) is 16.8 Å². The average Bonchev–Trinajstić information content (AvgIpc) is 3.37. The Labute approximate surface area is 208 Å². The first-order valence-corrected chi connectivity index (χ1v) is 12.4. The predicted octanol–water partition coefficient (Wildman–Crippen LogP) is 1.53. The van der Waals surface area contributed by atoms with E-state index in [0.717, 1.165) is 15.8 Å². The zero-order valence-corrected chi connectivity index (χ0v) is 21.2. The van der Waals surface area contributed by atoms with Gasteiger partial charge >= 0.3 is 5.97 Å². The van der Waals surface area contributed by atoms with Gasteiger partial charge in [-0.3, -0.25) is 39.7 Å². The van der Waals surface area contributed by atoms with Gasteiger partial charge in [-0.1, -0.05) is 47.8 Å². The molecular formula is C20H18Br3N3O6. The molecule has 1 heterocycles. The van der Waals surface area contributed by atoms with Gasteiger partial charge in [0.2, 0.25) is 11.8 Å². The van der Waals surface area contributed by atoms with Gasteiger partial charge in [0.1, 0.15) is 6.54 Å². The van der Waals surface area contributed by atoms with Crippen molar-refractivity contribution in [3.8, 4) is 0 Å². The molecule has 32 heavy (non-hydrogen) atoms. The molecule has 2 saturated carbocycles. The quantitative estimate of drug-likeness (QED) is 0.219. The molecule has 0 radical (unpaired) electrons. The van der Waals surface area contributed by atoms with Crippen molar-refractivity contribution in [2.75, 3.05) is 13.2 Å². The maximum absolute atomic E-state index is 12.8. The minimum absolute atomic E-state index is 0.0481. The van der Waals surface area contributed by atoms with Gasteiger partial charge in [0.25, 0.3) is 11.8 Å². The smallest absolute Gasteiger partial charge is 0.326 e. The van der Waals surface area contributed by atoms with Crippen LogP contribution in [0.5, 0.6) is 0 Å². The molecule has 2 N–H and O–H groups in total. The van der Waals surface area contributed by atoms with Crippen molar-refractivity contribution in [1.82, 2.24) is 15.8 Å². The van der Waals surface area contributed by atoms with Crippen molar-refractivity contribution >= 4 is 77.4 Å². The number of nitrogens with one attached hydrogen (secondary N) is 2. The zero-order chi connectivity index (χ0) is 23.2. The summed E-state index contributed by atoms with van der Waals surface area (Å²) in [6.45, 7) is -1.21. The van der Waals surface area contributed by atoms with Gasteiger partial charge in [-0.2, -0.15) is 0 Å². The standard InChI is InChI=1S/C20H18Br3N3O6/c21-9-3-1-8(2-4-9)18(29)25-24-12(27)7-32-13(28)6-26-19(30)14-10-5-11(15(14)20(26)31)17(23)16(10)22/h1-4,10-11,14-17H,5-7H2,(H,24,27)(H,25,29)/t10-,11-,14-,15+,16+,17+/m1/s1. The highest BCUT2D eigenvalue weighted by atomic mass is 79.9. The molecule has 1 aromatic carbocycles. The van der Waals surface area contributed by atoms with Crippen LogP contribution in [-0.2, 0) is 23.9 Å². The fourth-order valence-corrected chi connectivity index (χ4v) is 6.86. The number of likely N-dealkylation sites (tertiary alicyclic amines) is 1. The van der Waals surface area contributed by atoms with Gasteiger partial charge < -0.3 is 4.74 Å². The van der Waals surface area contributed by atoms with E-state index >= 15 is 0 Å². The molecule has 4 amide bonds. The molecule has 12 heteroatoms. The number of nitrogens with zero attached hydrogens (tertiary/aromatic N) is 1. The predicted molar refractivity (Wildman–Crippen MR) is 121 cm³/mol. The molecule has 3 aliphatic rings. The number of alkyl halides is 2. The Morgan fingerprint density at radius 3 is 2.09 bits per heavy atom.